The van der Waals surface area contributed by atoms with Gasteiger partial charge in [-0.1, -0.05) is 25.4 Å². The molecular formula is C13H24ClN3O. The van der Waals surface area contributed by atoms with Gasteiger partial charge in [-0.3, -0.25) is 9.58 Å². The van der Waals surface area contributed by atoms with Gasteiger partial charge >= 0.3 is 0 Å². The van der Waals surface area contributed by atoms with E-state index in [4.69, 9.17) is 11.6 Å². The highest BCUT2D eigenvalue weighted by atomic mass is 35.5. The molecule has 0 spiro atoms. The van der Waals surface area contributed by atoms with Gasteiger partial charge in [0.1, 0.15) is 5.15 Å². The normalized spacial score (nSPS) is 11.8. The van der Waals surface area contributed by atoms with Crippen LogP contribution in [0.15, 0.2) is 0 Å². The summed E-state index contributed by atoms with van der Waals surface area (Å²) in [6.45, 7) is 7.94. The number of hydrogen-bond acceptors (Lipinski definition) is 3. The Balaban J connectivity index is 2.88. The molecule has 0 aromatic carbocycles. The van der Waals surface area contributed by atoms with Gasteiger partial charge in [0.2, 0.25) is 0 Å². The molecule has 4 nitrogen and oxygen atoms in total. The summed E-state index contributed by atoms with van der Waals surface area (Å²) in [5, 5.41) is 14.2. The Bertz CT molecular complexity index is 375. The zero-order valence-electron chi connectivity index (χ0n) is 11.8. The lowest BCUT2D eigenvalue weighted by atomic mass is 10.1. The van der Waals surface area contributed by atoms with Gasteiger partial charge in [0.15, 0.2) is 0 Å². The average Bonchev–Trinajstić information content (AvgIpc) is 2.57. The van der Waals surface area contributed by atoms with Crippen molar-refractivity contribution in [3.63, 3.8) is 0 Å². The second-order valence-corrected chi connectivity index (χ2v) is 5.00. The average molecular weight is 274 g/mol. The first kappa shape index (κ1) is 15.5. The largest absolute Gasteiger partial charge is 0.395 e. The number of aromatic nitrogens is 2. The van der Waals surface area contributed by atoms with E-state index in [0.717, 1.165) is 30.6 Å². The molecule has 1 aromatic rings. The fourth-order valence-electron chi connectivity index (χ4n) is 2.38. The third-order valence-electron chi connectivity index (χ3n) is 3.48. The first-order valence-electron chi connectivity index (χ1n) is 6.57. The Morgan fingerprint density at radius 3 is 2.39 bits per heavy atom. The SMILES string of the molecule is CCC(CC)N(CCO)Cc1c(C)nn(C)c1Cl. The maximum Gasteiger partial charge on any atom is 0.131 e. The smallest absolute Gasteiger partial charge is 0.131 e. The van der Waals surface area contributed by atoms with Crippen molar-refractivity contribution in [3.05, 3.63) is 16.4 Å². The van der Waals surface area contributed by atoms with Crippen molar-refractivity contribution in [2.24, 2.45) is 7.05 Å². The van der Waals surface area contributed by atoms with E-state index in [9.17, 15) is 5.11 Å². The third kappa shape index (κ3) is 3.46. The summed E-state index contributed by atoms with van der Waals surface area (Å²) in [5.74, 6) is 0. The molecule has 1 aromatic heterocycles. The van der Waals surface area contributed by atoms with Crippen molar-refractivity contribution in [1.29, 1.82) is 0 Å². The monoisotopic (exact) mass is 273 g/mol. The molecule has 18 heavy (non-hydrogen) atoms. The lowest BCUT2D eigenvalue weighted by molar-refractivity contribution is 0.136. The number of aryl methyl sites for hydroxylation is 2. The predicted octanol–water partition coefficient (Wildman–Crippen LogP) is 2.36. The number of halogens is 1. The summed E-state index contributed by atoms with van der Waals surface area (Å²) in [4.78, 5) is 2.29. The first-order valence-corrected chi connectivity index (χ1v) is 6.95. The van der Waals surface area contributed by atoms with Gasteiger partial charge in [-0.15, -0.1) is 0 Å². The Hall–Kier alpha value is -0.580. The molecule has 0 radical (unpaired) electrons. The van der Waals surface area contributed by atoms with Gasteiger partial charge in [0, 0.05) is 31.7 Å². The molecule has 5 heteroatoms. The van der Waals surface area contributed by atoms with E-state index in [2.05, 4.69) is 23.8 Å². The van der Waals surface area contributed by atoms with E-state index in [1.165, 1.54) is 0 Å². The fourth-order valence-corrected chi connectivity index (χ4v) is 2.62. The van der Waals surface area contributed by atoms with Crippen LogP contribution >= 0.6 is 11.6 Å². The van der Waals surface area contributed by atoms with Crippen LogP contribution in [-0.2, 0) is 13.6 Å². The molecule has 0 aliphatic heterocycles. The van der Waals surface area contributed by atoms with Crippen LogP contribution in [0.4, 0.5) is 0 Å². The third-order valence-corrected chi connectivity index (χ3v) is 3.95. The second kappa shape index (κ2) is 7.12. The van der Waals surface area contributed by atoms with Crippen LogP contribution < -0.4 is 0 Å². The van der Waals surface area contributed by atoms with Crippen molar-refractivity contribution in [3.8, 4) is 0 Å². The van der Waals surface area contributed by atoms with Gasteiger partial charge in [0.05, 0.1) is 12.3 Å². The van der Waals surface area contributed by atoms with Gasteiger partial charge < -0.3 is 5.11 Å². The molecule has 0 unspecified atom stereocenters. The standard InChI is InChI=1S/C13H24ClN3O/c1-5-11(6-2)17(7-8-18)9-12-10(3)15-16(4)13(12)14/h11,18H,5-9H2,1-4H3. The number of hydrogen-bond donors (Lipinski definition) is 1. The number of aliphatic hydroxyl groups excluding tert-OH is 1. The van der Waals surface area contributed by atoms with Gasteiger partial charge in [-0.2, -0.15) is 5.10 Å². The molecule has 0 aliphatic rings. The summed E-state index contributed by atoms with van der Waals surface area (Å²) < 4.78 is 1.70. The number of aliphatic hydroxyl groups is 1. The van der Waals surface area contributed by atoms with Crippen LogP contribution in [-0.4, -0.2) is 39.0 Å². The van der Waals surface area contributed by atoms with Crippen molar-refractivity contribution in [1.82, 2.24) is 14.7 Å². The highest BCUT2D eigenvalue weighted by Gasteiger charge is 2.19. The Morgan fingerprint density at radius 2 is 2.00 bits per heavy atom. The summed E-state index contributed by atoms with van der Waals surface area (Å²) in [7, 11) is 1.85. The first-order chi connectivity index (χ1) is 8.54. The quantitative estimate of drug-likeness (QED) is 0.829. The molecule has 0 saturated heterocycles. The molecule has 1 N–H and O–H groups in total. The molecule has 0 aliphatic carbocycles. The van der Waals surface area contributed by atoms with E-state index in [-0.39, 0.29) is 6.61 Å². The molecule has 104 valence electrons. The van der Waals surface area contributed by atoms with E-state index in [1.807, 2.05) is 14.0 Å². The van der Waals surface area contributed by atoms with E-state index >= 15 is 0 Å². The highest BCUT2D eigenvalue weighted by Crippen LogP contribution is 2.22. The molecule has 0 atom stereocenters. The second-order valence-electron chi connectivity index (χ2n) is 4.64. The molecule has 0 fully saturated rings. The van der Waals surface area contributed by atoms with Crippen LogP contribution in [0.5, 0.6) is 0 Å². The Labute approximate surface area is 115 Å². The Morgan fingerprint density at radius 1 is 1.39 bits per heavy atom. The van der Waals surface area contributed by atoms with Crippen LogP contribution in [0.1, 0.15) is 37.9 Å². The Kier molecular flexibility index (Phi) is 6.12. The summed E-state index contributed by atoms with van der Waals surface area (Å²) >= 11 is 6.26. The maximum absolute atomic E-state index is 9.20. The topological polar surface area (TPSA) is 41.3 Å². The van der Waals surface area contributed by atoms with Crippen LogP contribution in [0.3, 0.4) is 0 Å². The molecule has 0 bridgehead atoms. The zero-order chi connectivity index (χ0) is 13.7. The van der Waals surface area contributed by atoms with Crippen molar-refractivity contribution in [2.75, 3.05) is 13.2 Å². The van der Waals surface area contributed by atoms with Gasteiger partial charge in [0.25, 0.3) is 0 Å². The minimum Gasteiger partial charge on any atom is -0.395 e. The van der Waals surface area contributed by atoms with Crippen LogP contribution in [0, 0.1) is 6.92 Å². The molecule has 0 saturated carbocycles. The number of nitrogens with zero attached hydrogens (tertiary/aromatic N) is 3. The summed E-state index contributed by atoms with van der Waals surface area (Å²) in [6, 6.07) is 0.479. The minimum atomic E-state index is 0.174. The van der Waals surface area contributed by atoms with E-state index in [0.29, 0.717) is 17.7 Å². The fraction of sp³-hybridized carbons (Fsp3) is 0.769. The summed E-state index contributed by atoms with van der Waals surface area (Å²) in [6.07, 6.45) is 2.15. The van der Waals surface area contributed by atoms with E-state index in [1.54, 1.807) is 4.68 Å². The molecular weight excluding hydrogens is 250 g/mol. The molecule has 1 heterocycles. The van der Waals surface area contributed by atoms with Crippen molar-refractivity contribution >= 4 is 11.6 Å². The predicted molar refractivity (Wildman–Crippen MR) is 74.8 cm³/mol. The van der Waals surface area contributed by atoms with Gasteiger partial charge in [-0.25, -0.2) is 0 Å². The number of rotatable bonds is 7. The van der Waals surface area contributed by atoms with E-state index < -0.39 is 0 Å². The molecule has 0 amide bonds. The minimum absolute atomic E-state index is 0.174. The zero-order valence-corrected chi connectivity index (χ0v) is 12.5. The van der Waals surface area contributed by atoms with Crippen LogP contribution in [0.2, 0.25) is 5.15 Å². The summed E-state index contributed by atoms with van der Waals surface area (Å²) in [5.41, 5.74) is 2.04. The lowest BCUT2D eigenvalue weighted by Crippen LogP contribution is -2.36. The van der Waals surface area contributed by atoms with Crippen molar-refractivity contribution < 1.29 is 5.11 Å². The maximum atomic E-state index is 9.20. The van der Waals surface area contributed by atoms with Gasteiger partial charge in [-0.05, 0) is 19.8 Å². The highest BCUT2D eigenvalue weighted by molar-refractivity contribution is 6.30. The molecule has 1 rings (SSSR count). The lowest BCUT2D eigenvalue weighted by Gasteiger charge is -2.29. The van der Waals surface area contributed by atoms with Crippen LogP contribution in [0.25, 0.3) is 0 Å². The van der Waals surface area contributed by atoms with Crippen molar-refractivity contribution in [2.45, 2.75) is 46.2 Å².